The average molecular weight is 522 g/mol. The van der Waals surface area contributed by atoms with Crippen LogP contribution in [0, 0.1) is 11.7 Å². The molecule has 194 valence electrons. The van der Waals surface area contributed by atoms with Crippen molar-refractivity contribution in [2.75, 3.05) is 13.1 Å². The van der Waals surface area contributed by atoms with Crippen LogP contribution in [-0.4, -0.2) is 34.8 Å². The Hall–Kier alpha value is -3.26. The number of hydrogen-bond acceptors (Lipinski definition) is 5. The van der Waals surface area contributed by atoms with Gasteiger partial charge in [-0.05, 0) is 66.6 Å². The first-order chi connectivity index (χ1) is 18.0. The molecule has 1 fully saturated rings. The van der Waals surface area contributed by atoms with Crippen LogP contribution in [0.15, 0.2) is 47.8 Å². The summed E-state index contributed by atoms with van der Waals surface area (Å²) in [5, 5.41) is 5.29. The number of benzene rings is 2. The Bertz CT molecular complexity index is 1250. The molecule has 0 bridgehead atoms. The van der Waals surface area contributed by atoms with Gasteiger partial charge >= 0.3 is 0 Å². The van der Waals surface area contributed by atoms with Gasteiger partial charge in [-0.15, -0.1) is 11.3 Å². The van der Waals surface area contributed by atoms with Crippen LogP contribution in [-0.2, 0) is 17.8 Å². The quantitative estimate of drug-likeness (QED) is 0.415. The van der Waals surface area contributed by atoms with E-state index in [9.17, 15) is 14.0 Å². The number of nitrogens with zero attached hydrogens (tertiary/aromatic N) is 2. The molecule has 6 nitrogen and oxygen atoms in total. The summed E-state index contributed by atoms with van der Waals surface area (Å²) in [5.74, 6) is 0.468. The topological polar surface area (TPSA) is 71.5 Å². The molecule has 1 aliphatic carbocycles. The highest BCUT2D eigenvalue weighted by atomic mass is 32.1. The molecule has 0 radical (unpaired) electrons. The Balaban J connectivity index is 1.38. The molecular formula is C29H32FN3O3S. The van der Waals surface area contributed by atoms with Crippen molar-refractivity contribution in [3.63, 3.8) is 0 Å². The van der Waals surface area contributed by atoms with Crippen LogP contribution in [0.2, 0.25) is 0 Å². The van der Waals surface area contributed by atoms with Crippen LogP contribution < -0.4 is 10.1 Å². The lowest BCUT2D eigenvalue weighted by Crippen LogP contribution is -2.43. The fourth-order valence-corrected chi connectivity index (χ4v) is 5.97. The van der Waals surface area contributed by atoms with Crippen molar-refractivity contribution in [1.82, 2.24) is 15.2 Å². The first kappa shape index (κ1) is 25.4. The number of thiazole rings is 1. The summed E-state index contributed by atoms with van der Waals surface area (Å²) in [4.78, 5) is 32.1. The molecule has 2 aliphatic rings. The Morgan fingerprint density at radius 3 is 2.70 bits per heavy atom. The van der Waals surface area contributed by atoms with Crippen molar-refractivity contribution in [2.24, 2.45) is 5.92 Å². The molecule has 5 rings (SSSR count). The normalized spacial score (nSPS) is 17.5. The van der Waals surface area contributed by atoms with Crippen molar-refractivity contribution >= 4 is 23.2 Å². The molecule has 37 heavy (non-hydrogen) atoms. The average Bonchev–Trinajstić information content (AvgIpc) is 3.63. The number of aromatic nitrogens is 1. The summed E-state index contributed by atoms with van der Waals surface area (Å²) < 4.78 is 19.8. The van der Waals surface area contributed by atoms with Crippen LogP contribution in [0.25, 0.3) is 0 Å². The van der Waals surface area contributed by atoms with E-state index in [0.29, 0.717) is 29.5 Å². The van der Waals surface area contributed by atoms with Gasteiger partial charge in [0.1, 0.15) is 28.9 Å². The zero-order chi connectivity index (χ0) is 25.8. The molecule has 0 spiro atoms. The van der Waals surface area contributed by atoms with E-state index in [0.717, 1.165) is 49.7 Å². The van der Waals surface area contributed by atoms with Crippen molar-refractivity contribution in [1.29, 1.82) is 0 Å². The van der Waals surface area contributed by atoms with Gasteiger partial charge in [-0.2, -0.15) is 0 Å². The van der Waals surface area contributed by atoms with Crippen LogP contribution in [0.1, 0.15) is 77.3 Å². The molecule has 3 aromatic rings. The highest BCUT2D eigenvalue weighted by Crippen LogP contribution is 2.39. The van der Waals surface area contributed by atoms with E-state index in [-0.39, 0.29) is 36.2 Å². The molecule has 1 saturated carbocycles. The summed E-state index contributed by atoms with van der Waals surface area (Å²) in [6, 6.07) is 12.2. The minimum atomic E-state index is -0.295. The maximum absolute atomic E-state index is 13.8. The number of carbonyl (C=O) groups is 2. The third-order valence-electron chi connectivity index (χ3n) is 7.20. The smallest absolute Gasteiger partial charge is 0.270 e. The summed E-state index contributed by atoms with van der Waals surface area (Å²) in [5.41, 5.74) is 3.48. The predicted octanol–water partition coefficient (Wildman–Crippen LogP) is 5.67. The van der Waals surface area contributed by atoms with Crippen molar-refractivity contribution in [3.05, 3.63) is 81.1 Å². The summed E-state index contributed by atoms with van der Waals surface area (Å²) in [6.07, 6.45) is 5.71. The van der Waals surface area contributed by atoms with Crippen LogP contribution in [0.3, 0.4) is 0 Å². The number of carbonyl (C=O) groups excluding carboxylic acids is 2. The number of halogens is 1. The zero-order valence-corrected chi connectivity index (χ0v) is 21.9. The monoisotopic (exact) mass is 521 g/mol. The molecular weight excluding hydrogens is 489 g/mol. The van der Waals surface area contributed by atoms with Gasteiger partial charge in [-0.25, -0.2) is 9.37 Å². The van der Waals surface area contributed by atoms with E-state index >= 15 is 0 Å². The minimum Gasteiger partial charge on any atom is -0.486 e. The van der Waals surface area contributed by atoms with Gasteiger partial charge in [0.15, 0.2) is 0 Å². The Kier molecular flexibility index (Phi) is 7.84. The molecule has 2 aromatic carbocycles. The lowest BCUT2D eigenvalue weighted by Gasteiger charge is -2.39. The molecule has 1 N–H and O–H groups in total. The maximum atomic E-state index is 13.8. The van der Waals surface area contributed by atoms with Crippen LogP contribution in [0.4, 0.5) is 4.39 Å². The first-order valence-electron chi connectivity index (χ1n) is 13.1. The molecule has 2 amide bonds. The van der Waals surface area contributed by atoms with Crippen molar-refractivity contribution < 1.29 is 18.7 Å². The Labute approximate surface area is 220 Å². The van der Waals surface area contributed by atoms with E-state index in [4.69, 9.17) is 4.74 Å². The van der Waals surface area contributed by atoms with Crippen molar-refractivity contribution in [3.8, 4) is 5.75 Å². The fraction of sp³-hybridized carbons (Fsp3) is 0.414. The van der Waals surface area contributed by atoms with Gasteiger partial charge in [-0.1, -0.05) is 38.0 Å². The first-order valence-corrected chi connectivity index (χ1v) is 14.0. The fourth-order valence-electron chi connectivity index (χ4n) is 5.29. The number of amides is 2. The minimum absolute atomic E-state index is 0.0672. The Morgan fingerprint density at radius 1 is 1.16 bits per heavy atom. The molecule has 8 heteroatoms. The van der Waals surface area contributed by atoms with Crippen molar-refractivity contribution in [2.45, 2.75) is 58.1 Å². The van der Waals surface area contributed by atoms with E-state index in [1.165, 1.54) is 29.0 Å². The van der Waals surface area contributed by atoms with Gasteiger partial charge in [-0.3, -0.25) is 9.59 Å². The molecule has 1 atom stereocenters. The Morgan fingerprint density at radius 2 is 1.95 bits per heavy atom. The standard InChI is InChI=1S/C29H32FN3O3S/c1-2-14-31-28(34)25-18-37-26(32-25)17-36-23-12-9-19-13-15-33(29(35)21-5-3-4-6-21)27(24(19)16-23)20-7-10-22(30)11-8-20/h7-12,16,18,21,27H,2-6,13-15,17H2,1H3,(H,31,34). The van der Waals surface area contributed by atoms with E-state index in [2.05, 4.69) is 16.4 Å². The third kappa shape index (κ3) is 5.69. The SMILES string of the molecule is CCCNC(=O)c1csc(COc2ccc3c(c2)C(c2ccc(F)cc2)N(C(=O)C2CCCC2)CC3)n1. The number of nitrogens with one attached hydrogen (secondary N) is 1. The van der Waals surface area contributed by atoms with Gasteiger partial charge < -0.3 is 15.0 Å². The molecule has 0 saturated heterocycles. The van der Waals surface area contributed by atoms with Crippen LogP contribution in [0.5, 0.6) is 5.75 Å². The number of rotatable bonds is 8. The largest absolute Gasteiger partial charge is 0.486 e. The van der Waals surface area contributed by atoms with Crippen LogP contribution >= 0.6 is 11.3 Å². The number of hydrogen-bond donors (Lipinski definition) is 1. The molecule has 1 unspecified atom stereocenters. The highest BCUT2D eigenvalue weighted by Gasteiger charge is 2.36. The molecule has 2 heterocycles. The second kappa shape index (κ2) is 11.4. The summed E-state index contributed by atoms with van der Waals surface area (Å²) in [6.45, 7) is 3.51. The van der Waals surface area contributed by atoms with Gasteiger partial charge in [0.05, 0.1) is 6.04 Å². The van der Waals surface area contributed by atoms with E-state index in [1.807, 2.05) is 24.0 Å². The molecule has 1 aromatic heterocycles. The molecule has 1 aliphatic heterocycles. The number of fused-ring (bicyclic) bond motifs is 1. The number of ether oxygens (including phenoxy) is 1. The predicted molar refractivity (Wildman–Crippen MR) is 141 cm³/mol. The highest BCUT2D eigenvalue weighted by molar-refractivity contribution is 7.09. The third-order valence-corrected chi connectivity index (χ3v) is 8.02. The van der Waals surface area contributed by atoms with E-state index in [1.54, 1.807) is 17.5 Å². The lowest BCUT2D eigenvalue weighted by atomic mass is 9.87. The maximum Gasteiger partial charge on any atom is 0.270 e. The second-order valence-corrected chi connectivity index (χ2v) is 10.7. The van der Waals surface area contributed by atoms with Gasteiger partial charge in [0.25, 0.3) is 5.91 Å². The van der Waals surface area contributed by atoms with E-state index < -0.39 is 0 Å². The van der Waals surface area contributed by atoms with Gasteiger partial charge in [0, 0.05) is 24.4 Å². The zero-order valence-electron chi connectivity index (χ0n) is 21.0. The lowest BCUT2D eigenvalue weighted by molar-refractivity contribution is -0.137. The summed E-state index contributed by atoms with van der Waals surface area (Å²) in [7, 11) is 0. The van der Waals surface area contributed by atoms with Gasteiger partial charge in [0.2, 0.25) is 5.91 Å². The summed E-state index contributed by atoms with van der Waals surface area (Å²) >= 11 is 1.39. The second-order valence-electron chi connectivity index (χ2n) is 9.75.